The second-order valence-electron chi connectivity index (χ2n) is 5.55. The van der Waals surface area contributed by atoms with E-state index in [-0.39, 0.29) is 29.7 Å². The molecule has 0 bridgehead atoms. The number of hydrogen-bond donors (Lipinski definition) is 3. The molecule has 0 radical (unpaired) electrons. The first kappa shape index (κ1) is 17.9. The van der Waals surface area contributed by atoms with Crippen LogP contribution in [0.5, 0.6) is 0 Å². The maximum Gasteiger partial charge on any atom is 0.222 e. The van der Waals surface area contributed by atoms with Gasteiger partial charge in [0.2, 0.25) is 11.8 Å². The lowest BCUT2D eigenvalue weighted by molar-refractivity contribution is -0.126. The summed E-state index contributed by atoms with van der Waals surface area (Å²) in [5.74, 6) is 0.0372. The molecule has 19 heavy (non-hydrogen) atoms. The van der Waals surface area contributed by atoms with Crippen LogP contribution in [0.4, 0.5) is 0 Å². The first-order valence-corrected chi connectivity index (χ1v) is 7.15. The van der Waals surface area contributed by atoms with E-state index in [1.165, 1.54) is 0 Å². The summed E-state index contributed by atoms with van der Waals surface area (Å²) in [6, 6.07) is 0.196. The molecular formula is C14H29N3O2. The molecule has 2 amide bonds. The smallest absolute Gasteiger partial charge is 0.222 e. The summed E-state index contributed by atoms with van der Waals surface area (Å²) in [5, 5.41) is 5.59. The summed E-state index contributed by atoms with van der Waals surface area (Å²) in [4.78, 5) is 23.0. The minimum atomic E-state index is -0.0205. The van der Waals surface area contributed by atoms with Gasteiger partial charge in [-0.2, -0.15) is 0 Å². The molecule has 112 valence electrons. The van der Waals surface area contributed by atoms with E-state index in [1.807, 2.05) is 27.7 Å². The van der Waals surface area contributed by atoms with E-state index < -0.39 is 0 Å². The standard InChI is InChI=1S/C14H29N3O2/c1-10(2)13(18)16-8-9-17-14(19)11(3)6-5-7-12(4)15/h10-12H,5-9,15H2,1-4H3,(H,16,18)(H,17,19). The van der Waals surface area contributed by atoms with Crippen LogP contribution in [0.1, 0.15) is 47.0 Å². The molecule has 0 saturated heterocycles. The molecule has 5 heteroatoms. The topological polar surface area (TPSA) is 84.2 Å². The summed E-state index contributed by atoms with van der Waals surface area (Å²) in [5.41, 5.74) is 5.66. The lowest BCUT2D eigenvalue weighted by Crippen LogP contribution is -2.38. The number of rotatable bonds is 9. The van der Waals surface area contributed by atoms with Crippen LogP contribution < -0.4 is 16.4 Å². The molecule has 2 unspecified atom stereocenters. The third-order valence-corrected chi connectivity index (χ3v) is 2.99. The molecular weight excluding hydrogens is 242 g/mol. The summed E-state index contributed by atoms with van der Waals surface area (Å²) in [6.45, 7) is 8.54. The van der Waals surface area contributed by atoms with Crippen molar-refractivity contribution >= 4 is 11.8 Å². The van der Waals surface area contributed by atoms with Gasteiger partial charge in [-0.05, 0) is 19.8 Å². The first-order valence-electron chi connectivity index (χ1n) is 7.15. The zero-order valence-corrected chi connectivity index (χ0v) is 12.7. The predicted octanol–water partition coefficient (Wildman–Crippen LogP) is 1.03. The number of nitrogens with two attached hydrogens (primary N) is 1. The van der Waals surface area contributed by atoms with Crippen molar-refractivity contribution in [2.45, 2.75) is 53.0 Å². The average molecular weight is 271 g/mol. The van der Waals surface area contributed by atoms with Gasteiger partial charge >= 0.3 is 0 Å². The highest BCUT2D eigenvalue weighted by Gasteiger charge is 2.12. The SMILES string of the molecule is CC(N)CCCC(C)C(=O)NCCNC(=O)C(C)C. The molecule has 0 heterocycles. The second-order valence-corrected chi connectivity index (χ2v) is 5.55. The number of carbonyl (C=O) groups is 2. The van der Waals surface area contributed by atoms with Crippen LogP contribution >= 0.6 is 0 Å². The molecule has 4 N–H and O–H groups in total. The second kappa shape index (κ2) is 9.78. The van der Waals surface area contributed by atoms with Crippen molar-refractivity contribution in [2.24, 2.45) is 17.6 Å². The van der Waals surface area contributed by atoms with E-state index in [9.17, 15) is 9.59 Å². The molecule has 0 aromatic heterocycles. The molecule has 0 saturated carbocycles. The fourth-order valence-corrected chi connectivity index (χ4v) is 1.63. The van der Waals surface area contributed by atoms with Crippen molar-refractivity contribution in [1.82, 2.24) is 10.6 Å². The third-order valence-electron chi connectivity index (χ3n) is 2.99. The van der Waals surface area contributed by atoms with Gasteiger partial charge in [-0.25, -0.2) is 0 Å². The number of amides is 2. The maximum absolute atomic E-state index is 11.7. The zero-order chi connectivity index (χ0) is 14.8. The van der Waals surface area contributed by atoms with Gasteiger partial charge in [0.25, 0.3) is 0 Å². The Balaban J connectivity index is 3.65. The Morgan fingerprint density at radius 2 is 1.47 bits per heavy atom. The van der Waals surface area contributed by atoms with Gasteiger partial charge in [0.05, 0.1) is 0 Å². The van der Waals surface area contributed by atoms with Crippen molar-refractivity contribution in [2.75, 3.05) is 13.1 Å². The molecule has 0 aromatic rings. The molecule has 0 aromatic carbocycles. The highest BCUT2D eigenvalue weighted by molar-refractivity contribution is 5.79. The van der Waals surface area contributed by atoms with Crippen molar-refractivity contribution in [3.05, 3.63) is 0 Å². The summed E-state index contributed by atoms with van der Waals surface area (Å²) in [7, 11) is 0. The van der Waals surface area contributed by atoms with E-state index in [0.717, 1.165) is 19.3 Å². The van der Waals surface area contributed by atoms with Gasteiger partial charge in [0.15, 0.2) is 0 Å². The largest absolute Gasteiger partial charge is 0.354 e. The minimum Gasteiger partial charge on any atom is -0.354 e. The quantitative estimate of drug-likeness (QED) is 0.548. The van der Waals surface area contributed by atoms with Gasteiger partial charge in [-0.3, -0.25) is 9.59 Å². The Hall–Kier alpha value is -1.10. The van der Waals surface area contributed by atoms with Crippen LogP contribution in [0.25, 0.3) is 0 Å². The van der Waals surface area contributed by atoms with Crippen molar-refractivity contribution in [1.29, 1.82) is 0 Å². The van der Waals surface area contributed by atoms with E-state index >= 15 is 0 Å². The van der Waals surface area contributed by atoms with Crippen LogP contribution in [0.2, 0.25) is 0 Å². The molecule has 0 spiro atoms. The minimum absolute atomic E-state index is 0.000416. The Labute approximate surface area is 116 Å². The van der Waals surface area contributed by atoms with Gasteiger partial charge in [0, 0.05) is 31.0 Å². The number of hydrogen-bond acceptors (Lipinski definition) is 3. The Morgan fingerprint density at radius 1 is 0.947 bits per heavy atom. The molecule has 0 aliphatic heterocycles. The van der Waals surface area contributed by atoms with E-state index in [4.69, 9.17) is 5.73 Å². The lowest BCUT2D eigenvalue weighted by Gasteiger charge is -2.13. The zero-order valence-electron chi connectivity index (χ0n) is 12.7. The molecule has 0 fully saturated rings. The van der Waals surface area contributed by atoms with Gasteiger partial charge in [-0.1, -0.05) is 27.2 Å². The van der Waals surface area contributed by atoms with Crippen LogP contribution in [0, 0.1) is 11.8 Å². The summed E-state index contributed by atoms with van der Waals surface area (Å²) < 4.78 is 0. The van der Waals surface area contributed by atoms with Crippen LogP contribution in [0.3, 0.4) is 0 Å². The fourth-order valence-electron chi connectivity index (χ4n) is 1.63. The molecule has 2 atom stereocenters. The van der Waals surface area contributed by atoms with Crippen LogP contribution in [0.15, 0.2) is 0 Å². The van der Waals surface area contributed by atoms with E-state index in [1.54, 1.807) is 0 Å². The highest BCUT2D eigenvalue weighted by Crippen LogP contribution is 2.08. The van der Waals surface area contributed by atoms with Crippen molar-refractivity contribution in [3.8, 4) is 0 Å². The van der Waals surface area contributed by atoms with Gasteiger partial charge in [-0.15, -0.1) is 0 Å². The van der Waals surface area contributed by atoms with Crippen molar-refractivity contribution in [3.63, 3.8) is 0 Å². The summed E-state index contributed by atoms with van der Waals surface area (Å²) >= 11 is 0. The van der Waals surface area contributed by atoms with E-state index in [2.05, 4.69) is 10.6 Å². The van der Waals surface area contributed by atoms with E-state index in [0.29, 0.717) is 13.1 Å². The molecule has 0 rings (SSSR count). The van der Waals surface area contributed by atoms with Crippen LogP contribution in [-0.2, 0) is 9.59 Å². The fraction of sp³-hybridized carbons (Fsp3) is 0.857. The molecule has 0 aliphatic carbocycles. The lowest BCUT2D eigenvalue weighted by atomic mass is 10.0. The normalized spacial score (nSPS) is 14.0. The Kier molecular flexibility index (Phi) is 9.21. The maximum atomic E-state index is 11.7. The average Bonchev–Trinajstić information content (AvgIpc) is 2.33. The molecule has 5 nitrogen and oxygen atoms in total. The van der Waals surface area contributed by atoms with Gasteiger partial charge < -0.3 is 16.4 Å². The predicted molar refractivity (Wildman–Crippen MR) is 77.5 cm³/mol. The monoisotopic (exact) mass is 271 g/mol. The third kappa shape index (κ3) is 9.47. The Bertz CT molecular complexity index is 278. The number of nitrogens with one attached hydrogen (secondary N) is 2. The first-order chi connectivity index (χ1) is 8.84. The van der Waals surface area contributed by atoms with Crippen molar-refractivity contribution < 1.29 is 9.59 Å². The van der Waals surface area contributed by atoms with Gasteiger partial charge in [0.1, 0.15) is 0 Å². The highest BCUT2D eigenvalue weighted by atomic mass is 16.2. The molecule has 0 aliphatic rings. The number of carbonyl (C=O) groups excluding carboxylic acids is 2. The van der Waals surface area contributed by atoms with Crippen LogP contribution in [-0.4, -0.2) is 30.9 Å². The Morgan fingerprint density at radius 3 is 1.95 bits per heavy atom. The summed E-state index contributed by atoms with van der Waals surface area (Å²) in [6.07, 6.45) is 2.77.